The van der Waals surface area contributed by atoms with E-state index in [9.17, 15) is 4.79 Å². The van der Waals surface area contributed by atoms with Crippen molar-refractivity contribution in [3.8, 4) is 16.2 Å². The van der Waals surface area contributed by atoms with Crippen LogP contribution in [0.15, 0.2) is 83.7 Å². The molecule has 31 heavy (non-hydrogen) atoms. The average molecular weight is 445 g/mol. The highest BCUT2D eigenvalue weighted by Gasteiger charge is 2.19. The number of hydrogen-bond donors (Lipinski definition) is 0. The lowest BCUT2D eigenvalue weighted by molar-refractivity contribution is 0.298. The fourth-order valence-corrected chi connectivity index (χ4v) is 5.41. The molecule has 3 aromatic carbocycles. The number of nitrogens with zero attached hydrogens (tertiary/aromatic N) is 2. The molecule has 154 valence electrons. The average Bonchev–Trinajstić information content (AvgIpc) is 3.14. The van der Waals surface area contributed by atoms with E-state index in [2.05, 4.69) is 19.1 Å². The Morgan fingerprint density at radius 2 is 1.65 bits per heavy atom. The van der Waals surface area contributed by atoms with Crippen LogP contribution in [0.1, 0.15) is 5.56 Å². The number of thiazole rings is 1. The quantitative estimate of drug-likeness (QED) is 0.307. The van der Waals surface area contributed by atoms with Crippen LogP contribution in [0.5, 0.6) is 5.75 Å². The first-order chi connectivity index (χ1) is 15.1. The minimum atomic E-state index is -0.0325. The summed E-state index contributed by atoms with van der Waals surface area (Å²) < 4.78 is 10.5. The number of aryl methyl sites for hydroxylation is 1. The van der Waals surface area contributed by atoms with Crippen LogP contribution >= 0.6 is 23.6 Å². The van der Waals surface area contributed by atoms with Crippen LogP contribution in [-0.4, -0.2) is 15.6 Å². The van der Waals surface area contributed by atoms with Gasteiger partial charge in [-0.15, -0.1) is 11.3 Å². The topological polar surface area (TPSA) is 35.6 Å². The Morgan fingerprint density at radius 1 is 0.935 bits per heavy atom. The molecule has 0 amide bonds. The minimum absolute atomic E-state index is 0.0325. The number of fused-ring (bicyclic) bond motifs is 3. The molecule has 0 bridgehead atoms. The van der Waals surface area contributed by atoms with Gasteiger partial charge in [0.25, 0.3) is 5.56 Å². The normalized spacial score (nSPS) is 11.3. The molecule has 0 N–H and O–H groups in total. The van der Waals surface area contributed by atoms with Crippen LogP contribution in [-0.2, 0) is 6.54 Å². The minimum Gasteiger partial charge on any atom is -0.492 e. The highest BCUT2D eigenvalue weighted by Crippen LogP contribution is 2.34. The molecule has 0 spiro atoms. The monoisotopic (exact) mass is 444 g/mol. The van der Waals surface area contributed by atoms with Crippen molar-refractivity contribution in [2.45, 2.75) is 13.5 Å². The lowest BCUT2D eigenvalue weighted by atomic mass is 10.1. The van der Waals surface area contributed by atoms with Gasteiger partial charge in [0, 0.05) is 0 Å². The van der Waals surface area contributed by atoms with E-state index in [0.29, 0.717) is 18.5 Å². The summed E-state index contributed by atoms with van der Waals surface area (Å²) in [5, 5.41) is 0.653. The summed E-state index contributed by atoms with van der Waals surface area (Å²) in [7, 11) is 0. The zero-order chi connectivity index (χ0) is 21.4. The van der Waals surface area contributed by atoms with Crippen LogP contribution in [0.4, 0.5) is 0 Å². The second-order valence-electron chi connectivity index (χ2n) is 7.31. The molecule has 5 rings (SSSR count). The summed E-state index contributed by atoms with van der Waals surface area (Å²) in [6, 6.07) is 25.5. The first-order valence-electron chi connectivity index (χ1n) is 10.1. The van der Waals surface area contributed by atoms with Crippen molar-refractivity contribution in [3.63, 3.8) is 0 Å². The number of benzene rings is 3. The van der Waals surface area contributed by atoms with Gasteiger partial charge in [0.1, 0.15) is 18.0 Å². The van der Waals surface area contributed by atoms with Gasteiger partial charge in [0.15, 0.2) is 3.95 Å². The molecule has 0 aliphatic rings. The number of ether oxygens (including phenoxy) is 1. The first kappa shape index (κ1) is 19.7. The Balaban J connectivity index is 1.74. The molecule has 2 aromatic heterocycles. The van der Waals surface area contributed by atoms with Gasteiger partial charge in [-0.05, 0) is 54.5 Å². The summed E-state index contributed by atoms with van der Waals surface area (Å²) >= 11 is 7.31. The predicted molar refractivity (Wildman–Crippen MR) is 130 cm³/mol. The van der Waals surface area contributed by atoms with Gasteiger partial charge < -0.3 is 4.74 Å². The van der Waals surface area contributed by atoms with Gasteiger partial charge in [-0.25, -0.2) is 0 Å². The molecule has 0 atom stereocenters. The number of aromatic nitrogens is 2. The third kappa shape index (κ3) is 3.48. The van der Waals surface area contributed by atoms with Gasteiger partial charge in [0.05, 0.1) is 22.3 Å². The van der Waals surface area contributed by atoms with E-state index in [1.807, 2.05) is 71.1 Å². The summed E-state index contributed by atoms with van der Waals surface area (Å²) in [5.41, 5.74) is 3.87. The molecule has 0 aliphatic carbocycles. The highest BCUT2D eigenvalue weighted by atomic mass is 32.1. The van der Waals surface area contributed by atoms with Gasteiger partial charge >= 0.3 is 0 Å². The summed E-state index contributed by atoms with van der Waals surface area (Å²) in [4.78, 5) is 14.5. The van der Waals surface area contributed by atoms with E-state index in [0.717, 1.165) is 36.9 Å². The molecule has 0 unspecified atom stereocenters. The van der Waals surface area contributed by atoms with Crippen molar-refractivity contribution in [3.05, 3.63) is 98.7 Å². The van der Waals surface area contributed by atoms with E-state index in [-0.39, 0.29) is 5.56 Å². The van der Waals surface area contributed by atoms with Crippen molar-refractivity contribution < 1.29 is 4.74 Å². The molecule has 2 heterocycles. The summed E-state index contributed by atoms with van der Waals surface area (Å²) in [6.45, 7) is 2.89. The fourth-order valence-electron chi connectivity index (χ4n) is 3.90. The Bertz CT molecular complexity index is 1510. The van der Waals surface area contributed by atoms with E-state index in [4.69, 9.17) is 17.0 Å². The van der Waals surface area contributed by atoms with E-state index in [1.54, 1.807) is 4.57 Å². The van der Waals surface area contributed by atoms with Crippen LogP contribution in [0.25, 0.3) is 27.0 Å². The highest BCUT2D eigenvalue weighted by molar-refractivity contribution is 7.73. The molecule has 5 aromatic rings. The maximum atomic E-state index is 13.5. The van der Waals surface area contributed by atoms with Crippen molar-refractivity contribution in [2.24, 2.45) is 0 Å². The lowest BCUT2D eigenvalue weighted by Crippen LogP contribution is -2.25. The second-order valence-corrected chi connectivity index (χ2v) is 8.95. The second kappa shape index (κ2) is 8.13. The van der Waals surface area contributed by atoms with Crippen molar-refractivity contribution >= 4 is 40.1 Å². The number of rotatable bonds is 5. The predicted octanol–water partition coefficient (Wildman–Crippen LogP) is 6.10. The molecule has 0 saturated heterocycles. The largest absolute Gasteiger partial charge is 0.492 e. The molecule has 0 aliphatic heterocycles. The molecular formula is C25H20N2O2S2. The van der Waals surface area contributed by atoms with E-state index in [1.165, 1.54) is 11.3 Å². The summed E-state index contributed by atoms with van der Waals surface area (Å²) in [5.74, 6) is 0.786. The van der Waals surface area contributed by atoms with Crippen molar-refractivity contribution in [1.29, 1.82) is 0 Å². The molecule has 0 fully saturated rings. The fraction of sp³-hybridized carbons (Fsp3) is 0.120. The Kier molecular flexibility index (Phi) is 5.18. The Hall–Kier alpha value is -3.22. The molecule has 4 nitrogen and oxygen atoms in total. The molecule has 0 radical (unpaired) electrons. The standard InChI is InChI=1S/C25H20N2O2S2/c1-17-9-5-6-12-19(17)22-23-26(15-16-29-18-10-3-2-4-11-18)24(28)20-13-7-8-14-21(20)27(23)25(30)31-22/h2-14H,15-16H2,1H3. The van der Waals surface area contributed by atoms with Crippen LogP contribution < -0.4 is 10.3 Å². The smallest absolute Gasteiger partial charge is 0.261 e. The Labute approximate surface area is 188 Å². The van der Waals surface area contributed by atoms with Gasteiger partial charge in [-0.2, -0.15) is 0 Å². The third-order valence-electron chi connectivity index (χ3n) is 5.38. The van der Waals surface area contributed by atoms with Crippen molar-refractivity contribution in [1.82, 2.24) is 8.97 Å². The zero-order valence-electron chi connectivity index (χ0n) is 16.9. The molecular weight excluding hydrogens is 424 g/mol. The first-order valence-corrected chi connectivity index (χ1v) is 11.3. The molecule has 0 saturated carbocycles. The van der Waals surface area contributed by atoms with Gasteiger partial charge in [0.2, 0.25) is 0 Å². The van der Waals surface area contributed by atoms with Gasteiger partial charge in [-0.3, -0.25) is 13.8 Å². The van der Waals surface area contributed by atoms with Gasteiger partial charge in [-0.1, -0.05) is 54.6 Å². The number of para-hydroxylation sites is 2. The van der Waals surface area contributed by atoms with Crippen molar-refractivity contribution in [2.75, 3.05) is 6.61 Å². The molecule has 6 heteroatoms. The Morgan fingerprint density at radius 3 is 2.45 bits per heavy atom. The number of hydrogen-bond acceptors (Lipinski definition) is 4. The van der Waals surface area contributed by atoms with E-state index >= 15 is 0 Å². The van der Waals surface area contributed by atoms with Crippen LogP contribution in [0, 0.1) is 10.9 Å². The maximum Gasteiger partial charge on any atom is 0.261 e. The zero-order valence-corrected chi connectivity index (χ0v) is 18.6. The van der Waals surface area contributed by atoms with Crippen LogP contribution in [0.3, 0.4) is 0 Å². The summed E-state index contributed by atoms with van der Waals surface area (Å²) in [6.07, 6.45) is 0. The maximum absolute atomic E-state index is 13.5. The lowest BCUT2D eigenvalue weighted by Gasteiger charge is -2.14. The van der Waals surface area contributed by atoms with E-state index < -0.39 is 0 Å². The van der Waals surface area contributed by atoms with Crippen LogP contribution in [0.2, 0.25) is 0 Å². The SMILES string of the molecule is Cc1ccccc1-c1sc(=S)n2c3ccccc3c(=O)n(CCOc3ccccc3)c12. The third-order valence-corrected chi connectivity index (χ3v) is 6.78.